The summed E-state index contributed by atoms with van der Waals surface area (Å²) < 4.78 is 34.0. The highest BCUT2D eigenvalue weighted by molar-refractivity contribution is 7.86. The molecule has 0 amide bonds. The predicted octanol–water partition coefficient (Wildman–Crippen LogP) is 3.74. The first-order chi connectivity index (χ1) is 15.3. The molecule has 0 radical (unpaired) electrons. The molecule has 3 aromatic rings. The van der Waals surface area contributed by atoms with E-state index in [4.69, 9.17) is 8.61 Å². The number of aryl methyl sites for hydroxylation is 1. The van der Waals surface area contributed by atoms with Crippen molar-refractivity contribution in [2.75, 3.05) is 12.9 Å². The molecule has 0 fully saturated rings. The maximum atomic E-state index is 11.2. The summed E-state index contributed by atoms with van der Waals surface area (Å²) in [6.45, 7) is 6.72. The van der Waals surface area contributed by atoms with Crippen LogP contribution >= 0.6 is 0 Å². The molecule has 3 aromatic carbocycles. The van der Waals surface area contributed by atoms with Crippen LogP contribution in [0.4, 0.5) is 0 Å². The first-order valence-electron chi connectivity index (χ1n) is 10.6. The van der Waals surface area contributed by atoms with Crippen molar-refractivity contribution in [3.8, 4) is 0 Å². The normalized spacial score (nSPS) is 12.3. The minimum Gasteiger partial charge on any atom is -0.407 e. The van der Waals surface area contributed by atoms with Crippen molar-refractivity contribution < 1.29 is 17.0 Å². The van der Waals surface area contributed by atoms with Crippen molar-refractivity contribution in [2.24, 2.45) is 0 Å². The lowest BCUT2D eigenvalue weighted by atomic mass is 9.94. The Morgan fingerprint density at radius 1 is 0.906 bits per heavy atom. The molecule has 4 nitrogen and oxygen atoms in total. The van der Waals surface area contributed by atoms with Crippen LogP contribution in [0.15, 0.2) is 78.9 Å². The zero-order valence-corrected chi connectivity index (χ0v) is 21.0. The average molecular weight is 467 g/mol. The molecule has 0 aromatic heterocycles. The van der Waals surface area contributed by atoms with E-state index in [9.17, 15) is 8.42 Å². The maximum Gasteiger partial charge on any atom is 0.264 e. The van der Waals surface area contributed by atoms with Gasteiger partial charge >= 0.3 is 0 Å². The fraction of sp³-hybridized carbons (Fsp3) is 0.231. The van der Waals surface area contributed by atoms with Gasteiger partial charge in [0.1, 0.15) is 0 Å². The predicted molar refractivity (Wildman–Crippen MR) is 134 cm³/mol. The second kappa shape index (κ2) is 10.9. The summed E-state index contributed by atoms with van der Waals surface area (Å²) in [5.74, 6) is 0. The lowest BCUT2D eigenvalue weighted by molar-refractivity contribution is 0.320. The molecular formula is C26H30O4SSi. The summed E-state index contributed by atoms with van der Waals surface area (Å²) in [5, 5.41) is 2.50. The Balaban J connectivity index is 1.86. The second-order valence-electron chi connectivity index (χ2n) is 7.92. The topological polar surface area (TPSA) is 52.6 Å². The molecule has 168 valence electrons. The van der Waals surface area contributed by atoms with E-state index in [1.165, 1.54) is 21.5 Å². The van der Waals surface area contributed by atoms with E-state index >= 15 is 0 Å². The Bertz CT molecular complexity index is 1130. The average Bonchev–Trinajstić information content (AvgIpc) is 2.76. The van der Waals surface area contributed by atoms with E-state index in [1.807, 2.05) is 19.1 Å². The molecule has 0 unspecified atom stereocenters. The zero-order chi connectivity index (χ0) is 23.1. The molecule has 0 N–H and O–H groups in total. The monoisotopic (exact) mass is 466 g/mol. The standard InChI is InChI=1S/C26H30O4SSi/c1-20-15-16-25(21(2)17-18-29-31(4,27)28)22(3)26(20)19-30-32(23-11-7-5-8-12-23)24-13-9-6-10-14-24/h5-17,32H,18-19H2,1-4H3/b21-17-. The van der Waals surface area contributed by atoms with Crippen LogP contribution in [0.1, 0.15) is 29.2 Å². The van der Waals surface area contributed by atoms with Crippen LogP contribution in [-0.2, 0) is 25.3 Å². The van der Waals surface area contributed by atoms with Gasteiger partial charge in [0.15, 0.2) is 0 Å². The van der Waals surface area contributed by atoms with Crippen LogP contribution in [-0.4, -0.2) is 30.3 Å². The summed E-state index contributed by atoms with van der Waals surface area (Å²) in [4.78, 5) is 0. The molecular weight excluding hydrogens is 436 g/mol. The smallest absolute Gasteiger partial charge is 0.264 e. The Morgan fingerprint density at radius 2 is 1.47 bits per heavy atom. The van der Waals surface area contributed by atoms with E-state index in [-0.39, 0.29) is 6.61 Å². The molecule has 0 aliphatic rings. The third-order valence-corrected chi connectivity index (χ3v) is 8.57. The molecule has 6 heteroatoms. The number of hydrogen-bond donors (Lipinski definition) is 0. The van der Waals surface area contributed by atoms with Crippen molar-refractivity contribution in [3.63, 3.8) is 0 Å². The molecule has 32 heavy (non-hydrogen) atoms. The molecule has 0 heterocycles. The first kappa shape index (κ1) is 24.1. The van der Waals surface area contributed by atoms with Crippen LogP contribution in [0, 0.1) is 13.8 Å². The highest BCUT2D eigenvalue weighted by atomic mass is 32.2. The lowest BCUT2D eigenvalue weighted by Gasteiger charge is -2.20. The Kier molecular flexibility index (Phi) is 8.20. The fourth-order valence-electron chi connectivity index (χ4n) is 3.74. The SMILES string of the molecule is C/C(=C/COS(C)(=O)=O)c1ccc(C)c(CO[SiH](c2ccccc2)c2ccccc2)c1C. The molecule has 0 atom stereocenters. The van der Waals surface area contributed by atoms with Gasteiger partial charge in [-0.2, -0.15) is 8.42 Å². The largest absolute Gasteiger partial charge is 0.407 e. The lowest BCUT2D eigenvalue weighted by Crippen LogP contribution is -2.44. The van der Waals surface area contributed by atoms with Crippen LogP contribution in [0.5, 0.6) is 0 Å². The minimum atomic E-state index is -3.46. The third-order valence-electron chi connectivity index (χ3n) is 5.53. The molecule has 0 spiro atoms. The van der Waals surface area contributed by atoms with Gasteiger partial charge in [0, 0.05) is 0 Å². The number of allylic oxidation sites excluding steroid dienone is 1. The van der Waals surface area contributed by atoms with Gasteiger partial charge in [-0.3, -0.25) is 4.18 Å². The van der Waals surface area contributed by atoms with Crippen LogP contribution < -0.4 is 10.4 Å². The summed E-state index contributed by atoms with van der Waals surface area (Å²) in [7, 11) is -5.30. The number of rotatable bonds is 9. The van der Waals surface area contributed by atoms with Gasteiger partial charge in [-0.25, -0.2) is 0 Å². The molecule has 0 aliphatic heterocycles. The summed E-state index contributed by atoms with van der Waals surface area (Å²) in [6.07, 6.45) is 2.86. The van der Waals surface area contributed by atoms with E-state index in [0.717, 1.165) is 23.0 Å². The van der Waals surface area contributed by atoms with E-state index < -0.39 is 19.2 Å². The van der Waals surface area contributed by atoms with Gasteiger partial charge < -0.3 is 4.43 Å². The molecule has 3 rings (SSSR count). The zero-order valence-electron chi connectivity index (χ0n) is 19.0. The van der Waals surface area contributed by atoms with Crippen molar-refractivity contribution in [3.05, 3.63) is 101 Å². The fourth-order valence-corrected chi connectivity index (χ4v) is 6.30. The quantitative estimate of drug-likeness (QED) is 0.356. The van der Waals surface area contributed by atoms with Crippen LogP contribution in [0.2, 0.25) is 0 Å². The Hall–Kier alpha value is -2.51. The Labute approximate surface area is 193 Å². The van der Waals surface area contributed by atoms with Crippen molar-refractivity contribution in [1.29, 1.82) is 0 Å². The summed E-state index contributed by atoms with van der Waals surface area (Å²) >= 11 is 0. The van der Waals surface area contributed by atoms with Gasteiger partial charge in [-0.15, -0.1) is 0 Å². The van der Waals surface area contributed by atoms with Gasteiger partial charge in [0.05, 0.1) is 19.5 Å². The van der Waals surface area contributed by atoms with Gasteiger partial charge in [-0.1, -0.05) is 78.9 Å². The van der Waals surface area contributed by atoms with Gasteiger partial charge in [0.25, 0.3) is 10.1 Å². The molecule has 0 saturated heterocycles. The summed E-state index contributed by atoms with van der Waals surface area (Å²) in [6, 6.07) is 25.1. The molecule has 0 saturated carbocycles. The molecule has 0 bridgehead atoms. The number of hydrogen-bond acceptors (Lipinski definition) is 4. The van der Waals surface area contributed by atoms with Crippen LogP contribution in [0.25, 0.3) is 5.57 Å². The molecule has 0 aliphatic carbocycles. The first-order valence-corrected chi connectivity index (χ1v) is 14.0. The van der Waals surface area contributed by atoms with E-state index in [2.05, 4.69) is 74.5 Å². The highest BCUT2D eigenvalue weighted by Crippen LogP contribution is 2.25. The summed E-state index contributed by atoms with van der Waals surface area (Å²) in [5.41, 5.74) is 5.55. The maximum absolute atomic E-state index is 11.2. The van der Waals surface area contributed by atoms with Gasteiger partial charge in [0.2, 0.25) is 9.04 Å². The highest BCUT2D eigenvalue weighted by Gasteiger charge is 2.19. The van der Waals surface area contributed by atoms with E-state index in [1.54, 1.807) is 6.08 Å². The second-order valence-corrected chi connectivity index (χ2v) is 12.0. The third kappa shape index (κ3) is 6.50. The Morgan fingerprint density at radius 3 is 2.00 bits per heavy atom. The van der Waals surface area contributed by atoms with Gasteiger partial charge in [-0.05, 0) is 59.0 Å². The van der Waals surface area contributed by atoms with Crippen molar-refractivity contribution in [1.82, 2.24) is 0 Å². The van der Waals surface area contributed by atoms with Crippen molar-refractivity contribution in [2.45, 2.75) is 27.4 Å². The van der Waals surface area contributed by atoms with E-state index in [0.29, 0.717) is 6.61 Å². The minimum absolute atomic E-state index is 0.0286. The number of benzene rings is 3. The van der Waals surface area contributed by atoms with Crippen molar-refractivity contribution >= 4 is 35.1 Å². The van der Waals surface area contributed by atoms with Crippen LogP contribution in [0.3, 0.4) is 0 Å².